The van der Waals surface area contributed by atoms with Crippen LogP contribution in [0, 0.1) is 6.92 Å². The standard InChI is InChI=1S/C17H16BrClN2O2/c1-11-8-15(6-7-16(11)19)23-12(2)17(22)21-20-10-13-4-3-5-14(18)9-13/h3-10,12H,1-2H3,(H,21,22)/b20-10-/t12-/m0/s1. The van der Waals surface area contributed by atoms with E-state index in [1.54, 1.807) is 31.3 Å². The van der Waals surface area contributed by atoms with Crippen molar-refractivity contribution < 1.29 is 9.53 Å². The van der Waals surface area contributed by atoms with Crippen molar-refractivity contribution in [2.45, 2.75) is 20.0 Å². The Bertz CT molecular complexity index is 734. The Morgan fingerprint density at radius 1 is 1.35 bits per heavy atom. The van der Waals surface area contributed by atoms with Crippen LogP contribution in [0.2, 0.25) is 5.02 Å². The lowest BCUT2D eigenvalue weighted by molar-refractivity contribution is -0.127. The van der Waals surface area contributed by atoms with Gasteiger partial charge in [-0.3, -0.25) is 4.79 Å². The highest BCUT2D eigenvalue weighted by Gasteiger charge is 2.14. The van der Waals surface area contributed by atoms with Gasteiger partial charge in [-0.05, 0) is 55.3 Å². The summed E-state index contributed by atoms with van der Waals surface area (Å²) in [5.74, 6) is 0.259. The normalized spacial score (nSPS) is 12.2. The van der Waals surface area contributed by atoms with Crippen molar-refractivity contribution >= 4 is 39.7 Å². The largest absolute Gasteiger partial charge is 0.481 e. The molecule has 1 atom stereocenters. The molecule has 0 aliphatic heterocycles. The fourth-order valence-corrected chi connectivity index (χ4v) is 2.33. The van der Waals surface area contributed by atoms with Crippen LogP contribution in [0.1, 0.15) is 18.1 Å². The van der Waals surface area contributed by atoms with Crippen molar-refractivity contribution in [2.24, 2.45) is 5.10 Å². The number of rotatable bonds is 5. The average molecular weight is 396 g/mol. The first kappa shape index (κ1) is 17.5. The van der Waals surface area contributed by atoms with Gasteiger partial charge in [-0.25, -0.2) is 5.43 Å². The Balaban J connectivity index is 1.90. The van der Waals surface area contributed by atoms with Gasteiger partial charge < -0.3 is 4.74 Å². The maximum Gasteiger partial charge on any atom is 0.280 e. The monoisotopic (exact) mass is 394 g/mol. The molecule has 0 aliphatic rings. The van der Waals surface area contributed by atoms with E-state index in [0.717, 1.165) is 15.6 Å². The molecular weight excluding hydrogens is 380 g/mol. The van der Waals surface area contributed by atoms with Crippen LogP contribution in [0.15, 0.2) is 52.0 Å². The number of halogens is 2. The molecule has 2 aromatic rings. The number of benzene rings is 2. The summed E-state index contributed by atoms with van der Waals surface area (Å²) >= 11 is 9.34. The van der Waals surface area contributed by atoms with Gasteiger partial charge in [0.05, 0.1) is 6.21 Å². The molecule has 0 radical (unpaired) electrons. The first-order valence-corrected chi connectivity index (χ1v) is 8.14. The Morgan fingerprint density at radius 2 is 2.13 bits per heavy atom. The molecule has 2 rings (SSSR count). The summed E-state index contributed by atoms with van der Waals surface area (Å²) < 4.78 is 6.53. The third-order valence-corrected chi connectivity index (χ3v) is 3.97. The molecule has 0 bridgehead atoms. The van der Waals surface area contributed by atoms with Gasteiger partial charge in [0.1, 0.15) is 5.75 Å². The molecular formula is C17H16BrClN2O2. The summed E-state index contributed by atoms with van der Waals surface area (Å²) in [5, 5.41) is 4.59. The van der Waals surface area contributed by atoms with E-state index >= 15 is 0 Å². The maximum atomic E-state index is 12.0. The average Bonchev–Trinajstić information content (AvgIpc) is 2.51. The van der Waals surface area contributed by atoms with Crippen molar-refractivity contribution in [1.82, 2.24) is 5.43 Å². The molecule has 6 heteroatoms. The molecule has 0 aromatic heterocycles. The van der Waals surface area contributed by atoms with Crippen molar-refractivity contribution in [3.8, 4) is 5.75 Å². The predicted octanol–water partition coefficient (Wildman–Crippen LogP) is 4.33. The molecule has 0 fully saturated rings. The molecule has 0 aliphatic carbocycles. The Hall–Kier alpha value is -1.85. The first-order chi connectivity index (χ1) is 11.0. The Labute approximate surface area is 148 Å². The quantitative estimate of drug-likeness (QED) is 0.605. The van der Waals surface area contributed by atoms with Gasteiger partial charge in [0.2, 0.25) is 0 Å². The maximum absolute atomic E-state index is 12.0. The third kappa shape index (κ3) is 5.37. The van der Waals surface area contributed by atoms with Gasteiger partial charge in [0, 0.05) is 9.50 Å². The number of amides is 1. The molecule has 0 spiro atoms. The molecule has 0 unspecified atom stereocenters. The number of hydrogen-bond donors (Lipinski definition) is 1. The molecule has 1 amide bonds. The highest BCUT2D eigenvalue weighted by Crippen LogP contribution is 2.21. The summed E-state index contributed by atoms with van der Waals surface area (Å²) in [5.41, 5.74) is 4.23. The second kappa shape index (κ2) is 8.13. The number of hydrazone groups is 1. The van der Waals surface area contributed by atoms with Crippen LogP contribution in [0.25, 0.3) is 0 Å². The predicted molar refractivity (Wildman–Crippen MR) is 96.2 cm³/mol. The smallest absolute Gasteiger partial charge is 0.280 e. The highest BCUT2D eigenvalue weighted by atomic mass is 79.9. The second-order valence-electron chi connectivity index (χ2n) is 4.96. The number of nitrogens with one attached hydrogen (secondary N) is 1. The minimum absolute atomic E-state index is 0.330. The van der Waals surface area contributed by atoms with E-state index in [4.69, 9.17) is 16.3 Å². The SMILES string of the molecule is Cc1cc(O[C@@H](C)C(=O)N/N=C\c2cccc(Br)c2)ccc1Cl. The van der Waals surface area contributed by atoms with E-state index in [1.165, 1.54) is 0 Å². The second-order valence-corrected chi connectivity index (χ2v) is 6.28. The zero-order valence-electron chi connectivity index (χ0n) is 12.7. The topological polar surface area (TPSA) is 50.7 Å². The minimum Gasteiger partial charge on any atom is -0.481 e. The van der Waals surface area contributed by atoms with E-state index in [-0.39, 0.29) is 5.91 Å². The van der Waals surface area contributed by atoms with Gasteiger partial charge in [-0.2, -0.15) is 5.10 Å². The van der Waals surface area contributed by atoms with Crippen molar-refractivity contribution in [3.63, 3.8) is 0 Å². The summed E-state index contributed by atoms with van der Waals surface area (Å²) in [7, 11) is 0. The Kier molecular flexibility index (Phi) is 6.19. The lowest BCUT2D eigenvalue weighted by atomic mass is 10.2. The summed E-state index contributed by atoms with van der Waals surface area (Å²) in [6.07, 6.45) is 0.900. The summed E-state index contributed by atoms with van der Waals surface area (Å²) in [6.45, 7) is 3.54. The lowest BCUT2D eigenvalue weighted by Gasteiger charge is -2.13. The van der Waals surface area contributed by atoms with E-state index < -0.39 is 6.10 Å². The van der Waals surface area contributed by atoms with Crippen molar-refractivity contribution in [3.05, 3.63) is 63.1 Å². The molecule has 4 nitrogen and oxygen atoms in total. The van der Waals surface area contributed by atoms with Crippen molar-refractivity contribution in [2.75, 3.05) is 0 Å². The molecule has 0 saturated heterocycles. The first-order valence-electron chi connectivity index (χ1n) is 6.97. The summed E-state index contributed by atoms with van der Waals surface area (Å²) in [6, 6.07) is 12.8. The van der Waals surface area contributed by atoms with Crippen LogP contribution in [0.5, 0.6) is 5.75 Å². The van der Waals surface area contributed by atoms with Crippen LogP contribution < -0.4 is 10.2 Å². The van der Waals surface area contributed by atoms with Crippen LogP contribution in [0.4, 0.5) is 0 Å². The number of aryl methyl sites for hydroxylation is 1. The fourth-order valence-electron chi connectivity index (χ4n) is 1.80. The number of carbonyl (C=O) groups is 1. The third-order valence-electron chi connectivity index (χ3n) is 3.05. The van der Waals surface area contributed by atoms with E-state index in [2.05, 4.69) is 26.5 Å². The molecule has 120 valence electrons. The molecule has 2 aromatic carbocycles. The van der Waals surface area contributed by atoms with E-state index in [9.17, 15) is 4.79 Å². The Morgan fingerprint density at radius 3 is 2.83 bits per heavy atom. The molecule has 0 heterocycles. The molecule has 1 N–H and O–H groups in total. The summed E-state index contributed by atoms with van der Waals surface area (Å²) in [4.78, 5) is 12.0. The lowest BCUT2D eigenvalue weighted by Crippen LogP contribution is -2.33. The van der Waals surface area contributed by atoms with E-state index in [1.807, 2.05) is 31.2 Å². The van der Waals surface area contributed by atoms with Gasteiger partial charge >= 0.3 is 0 Å². The van der Waals surface area contributed by atoms with Crippen LogP contribution >= 0.6 is 27.5 Å². The van der Waals surface area contributed by atoms with Crippen molar-refractivity contribution in [1.29, 1.82) is 0 Å². The minimum atomic E-state index is -0.671. The fraction of sp³-hybridized carbons (Fsp3) is 0.176. The zero-order chi connectivity index (χ0) is 16.8. The van der Waals surface area contributed by atoms with E-state index in [0.29, 0.717) is 10.8 Å². The number of hydrogen-bond acceptors (Lipinski definition) is 3. The highest BCUT2D eigenvalue weighted by molar-refractivity contribution is 9.10. The van der Waals surface area contributed by atoms with Crippen LogP contribution in [0.3, 0.4) is 0 Å². The van der Waals surface area contributed by atoms with Crippen LogP contribution in [-0.2, 0) is 4.79 Å². The number of nitrogens with zero attached hydrogens (tertiary/aromatic N) is 1. The van der Waals surface area contributed by atoms with Crippen LogP contribution in [-0.4, -0.2) is 18.2 Å². The van der Waals surface area contributed by atoms with Gasteiger partial charge in [0.25, 0.3) is 5.91 Å². The number of carbonyl (C=O) groups excluding carboxylic acids is 1. The van der Waals surface area contributed by atoms with Gasteiger partial charge in [0.15, 0.2) is 6.10 Å². The molecule has 0 saturated carbocycles. The zero-order valence-corrected chi connectivity index (χ0v) is 15.1. The van der Waals surface area contributed by atoms with Gasteiger partial charge in [-0.15, -0.1) is 0 Å². The van der Waals surface area contributed by atoms with Gasteiger partial charge in [-0.1, -0.05) is 39.7 Å². The molecule has 23 heavy (non-hydrogen) atoms. The number of ether oxygens (including phenoxy) is 1.